The summed E-state index contributed by atoms with van der Waals surface area (Å²) in [6, 6.07) is 1.78. The summed E-state index contributed by atoms with van der Waals surface area (Å²) in [6.45, 7) is 4.10. The predicted molar refractivity (Wildman–Crippen MR) is 47.7 cm³/mol. The Kier molecular flexibility index (Phi) is 2.87. The monoisotopic (exact) mass is 186 g/mol. The normalized spacial score (nSPS) is 10.4. The molecule has 0 aliphatic rings. The van der Waals surface area contributed by atoms with Gasteiger partial charge in [0.25, 0.3) is 0 Å². The molecule has 0 atom stereocenters. The zero-order chi connectivity index (χ0) is 9.14. The van der Waals surface area contributed by atoms with Gasteiger partial charge in [-0.15, -0.1) is 10.2 Å². The van der Waals surface area contributed by atoms with Crippen LogP contribution in [0.25, 0.3) is 0 Å². The highest BCUT2D eigenvalue weighted by molar-refractivity contribution is 6.29. The highest BCUT2D eigenvalue weighted by Gasteiger charge is 2.09. The molecule has 0 aromatic carbocycles. The number of hydrogen-bond acceptors (Lipinski definition) is 3. The van der Waals surface area contributed by atoms with Crippen molar-refractivity contribution in [1.82, 2.24) is 10.2 Å². The fourth-order valence-electron chi connectivity index (χ4n) is 0.942. The molecule has 1 aromatic heterocycles. The van der Waals surface area contributed by atoms with Crippen LogP contribution < -0.4 is 4.74 Å². The van der Waals surface area contributed by atoms with Crippen molar-refractivity contribution in [1.29, 1.82) is 0 Å². The lowest BCUT2D eigenvalue weighted by Gasteiger charge is -2.08. The van der Waals surface area contributed by atoms with Crippen molar-refractivity contribution in [2.45, 2.75) is 19.8 Å². The van der Waals surface area contributed by atoms with Crippen LogP contribution in [0.2, 0.25) is 5.15 Å². The lowest BCUT2D eigenvalue weighted by molar-refractivity contribution is 0.384. The van der Waals surface area contributed by atoms with Crippen LogP contribution in [0.3, 0.4) is 0 Å². The van der Waals surface area contributed by atoms with E-state index in [1.807, 2.05) is 0 Å². The van der Waals surface area contributed by atoms with Gasteiger partial charge in [-0.25, -0.2) is 0 Å². The Morgan fingerprint density at radius 3 is 2.58 bits per heavy atom. The molecule has 1 rings (SSSR count). The van der Waals surface area contributed by atoms with Crippen LogP contribution in [0, 0.1) is 0 Å². The summed E-state index contributed by atoms with van der Waals surface area (Å²) >= 11 is 5.69. The van der Waals surface area contributed by atoms with Gasteiger partial charge in [0.2, 0.25) is 5.88 Å². The van der Waals surface area contributed by atoms with Crippen molar-refractivity contribution in [3.8, 4) is 5.88 Å². The fraction of sp³-hybridized carbons (Fsp3) is 0.500. The van der Waals surface area contributed by atoms with Crippen molar-refractivity contribution in [2.24, 2.45) is 0 Å². The molecule has 66 valence electrons. The molecule has 0 N–H and O–H groups in total. The molecule has 1 aromatic rings. The predicted octanol–water partition coefficient (Wildman–Crippen LogP) is 2.26. The van der Waals surface area contributed by atoms with Crippen LogP contribution >= 0.6 is 11.6 Å². The lowest BCUT2D eigenvalue weighted by atomic mass is 10.1. The van der Waals surface area contributed by atoms with E-state index in [1.165, 1.54) is 0 Å². The minimum atomic E-state index is 0.341. The van der Waals surface area contributed by atoms with Crippen molar-refractivity contribution in [2.75, 3.05) is 7.11 Å². The molecule has 0 radical (unpaired) electrons. The summed E-state index contributed by atoms with van der Waals surface area (Å²) in [7, 11) is 1.57. The highest BCUT2D eigenvalue weighted by atomic mass is 35.5. The van der Waals surface area contributed by atoms with Crippen LogP contribution in [0.1, 0.15) is 25.3 Å². The Bertz CT molecular complexity index is 276. The van der Waals surface area contributed by atoms with E-state index >= 15 is 0 Å². The zero-order valence-electron chi connectivity index (χ0n) is 7.34. The Morgan fingerprint density at radius 1 is 1.42 bits per heavy atom. The van der Waals surface area contributed by atoms with Gasteiger partial charge in [0, 0.05) is 5.56 Å². The third kappa shape index (κ3) is 1.85. The van der Waals surface area contributed by atoms with Gasteiger partial charge in [0.15, 0.2) is 5.15 Å². The number of methoxy groups -OCH3 is 1. The Morgan fingerprint density at radius 2 is 2.08 bits per heavy atom. The third-order valence-electron chi connectivity index (χ3n) is 1.57. The molecule has 0 aliphatic heterocycles. The second-order valence-electron chi connectivity index (χ2n) is 2.79. The number of aromatic nitrogens is 2. The Labute approximate surface area is 76.7 Å². The zero-order valence-corrected chi connectivity index (χ0v) is 8.09. The SMILES string of the molecule is COc1nnc(Cl)cc1C(C)C. The van der Waals surface area contributed by atoms with Gasteiger partial charge in [-0.1, -0.05) is 25.4 Å². The first-order valence-corrected chi connectivity index (χ1v) is 4.10. The number of halogens is 1. The number of hydrogen-bond donors (Lipinski definition) is 0. The Balaban J connectivity index is 3.12. The summed E-state index contributed by atoms with van der Waals surface area (Å²) in [6.07, 6.45) is 0. The molecule has 0 amide bonds. The van der Waals surface area contributed by atoms with E-state index in [4.69, 9.17) is 16.3 Å². The maximum atomic E-state index is 5.69. The molecule has 0 spiro atoms. The second kappa shape index (κ2) is 3.72. The van der Waals surface area contributed by atoms with E-state index in [0.29, 0.717) is 17.0 Å². The summed E-state index contributed by atoms with van der Waals surface area (Å²) in [4.78, 5) is 0. The lowest BCUT2D eigenvalue weighted by Crippen LogP contribution is -1.98. The van der Waals surface area contributed by atoms with Crippen molar-refractivity contribution in [3.05, 3.63) is 16.8 Å². The van der Waals surface area contributed by atoms with Crippen LogP contribution in [0.15, 0.2) is 6.07 Å². The highest BCUT2D eigenvalue weighted by Crippen LogP contribution is 2.24. The van der Waals surface area contributed by atoms with E-state index in [1.54, 1.807) is 13.2 Å². The largest absolute Gasteiger partial charge is 0.480 e. The van der Waals surface area contributed by atoms with E-state index in [9.17, 15) is 0 Å². The topological polar surface area (TPSA) is 35.0 Å². The minimum Gasteiger partial charge on any atom is -0.480 e. The van der Waals surface area contributed by atoms with Gasteiger partial charge in [0.05, 0.1) is 7.11 Å². The van der Waals surface area contributed by atoms with Gasteiger partial charge in [-0.05, 0) is 12.0 Å². The maximum Gasteiger partial charge on any atom is 0.236 e. The van der Waals surface area contributed by atoms with Crippen molar-refractivity contribution >= 4 is 11.6 Å². The smallest absolute Gasteiger partial charge is 0.236 e. The molecule has 12 heavy (non-hydrogen) atoms. The molecule has 1 heterocycles. The van der Waals surface area contributed by atoms with Gasteiger partial charge < -0.3 is 4.74 Å². The average molecular weight is 187 g/mol. The summed E-state index contributed by atoms with van der Waals surface area (Å²) in [5.74, 6) is 0.891. The van der Waals surface area contributed by atoms with Crippen molar-refractivity contribution < 1.29 is 4.74 Å². The van der Waals surface area contributed by atoms with E-state index in [0.717, 1.165) is 5.56 Å². The molecular weight excluding hydrogens is 176 g/mol. The van der Waals surface area contributed by atoms with Gasteiger partial charge in [-0.3, -0.25) is 0 Å². The molecule has 0 saturated heterocycles. The molecular formula is C8H11ClN2O. The first-order chi connectivity index (χ1) is 5.65. The fourth-order valence-corrected chi connectivity index (χ4v) is 1.10. The molecule has 0 unspecified atom stereocenters. The van der Waals surface area contributed by atoms with Gasteiger partial charge in [-0.2, -0.15) is 0 Å². The summed E-state index contributed by atoms with van der Waals surface area (Å²) < 4.78 is 5.03. The van der Waals surface area contributed by atoms with Gasteiger partial charge >= 0.3 is 0 Å². The van der Waals surface area contributed by atoms with Crippen LogP contribution in [-0.2, 0) is 0 Å². The molecule has 0 bridgehead atoms. The van der Waals surface area contributed by atoms with Crippen LogP contribution in [0.5, 0.6) is 5.88 Å². The minimum absolute atomic E-state index is 0.341. The van der Waals surface area contributed by atoms with E-state index in [2.05, 4.69) is 24.0 Å². The summed E-state index contributed by atoms with van der Waals surface area (Å²) in [5.41, 5.74) is 0.984. The molecule has 3 nitrogen and oxygen atoms in total. The Hall–Kier alpha value is -0.830. The third-order valence-corrected chi connectivity index (χ3v) is 1.76. The number of ether oxygens (including phenoxy) is 1. The maximum absolute atomic E-state index is 5.69. The first-order valence-electron chi connectivity index (χ1n) is 3.72. The standard InChI is InChI=1S/C8H11ClN2O/c1-5(2)6-4-7(9)10-11-8(6)12-3/h4-5H,1-3H3. The molecule has 4 heteroatoms. The molecule has 0 aliphatic carbocycles. The number of nitrogens with zero attached hydrogens (tertiary/aromatic N) is 2. The van der Waals surface area contributed by atoms with E-state index < -0.39 is 0 Å². The summed E-state index contributed by atoms with van der Waals surface area (Å²) in [5, 5.41) is 7.90. The molecule has 0 saturated carbocycles. The van der Waals surface area contributed by atoms with E-state index in [-0.39, 0.29) is 0 Å². The average Bonchev–Trinajstić information content (AvgIpc) is 2.04. The van der Waals surface area contributed by atoms with Crippen LogP contribution in [0.4, 0.5) is 0 Å². The van der Waals surface area contributed by atoms with Gasteiger partial charge in [0.1, 0.15) is 0 Å². The molecule has 0 fully saturated rings. The first kappa shape index (κ1) is 9.26. The quantitative estimate of drug-likeness (QED) is 0.711. The number of rotatable bonds is 2. The van der Waals surface area contributed by atoms with Crippen LogP contribution in [-0.4, -0.2) is 17.3 Å². The van der Waals surface area contributed by atoms with Crippen molar-refractivity contribution in [3.63, 3.8) is 0 Å². The second-order valence-corrected chi connectivity index (χ2v) is 3.17.